The number of nitrogens with zero attached hydrogens (tertiary/aromatic N) is 5. The summed E-state index contributed by atoms with van der Waals surface area (Å²) in [7, 11) is -14.1. The molecule has 5 aromatic rings. The number of aromatic hydroxyl groups is 1. The van der Waals surface area contributed by atoms with Crippen LogP contribution in [-0.2, 0) is 39.7 Å². The van der Waals surface area contributed by atoms with Gasteiger partial charge in [-0.2, -0.15) is 40.2 Å². The zero-order chi connectivity index (χ0) is 36.4. The summed E-state index contributed by atoms with van der Waals surface area (Å²) in [5, 5.41) is 36.3. The highest BCUT2D eigenvalue weighted by Gasteiger charge is 2.23. The Morgan fingerprint density at radius 1 is 0.760 bits per heavy atom. The average Bonchev–Trinajstić information content (AvgIpc) is 3.02. The largest absolute Gasteiger partial charge is 0.505 e. The molecule has 20 nitrogen and oxygen atoms in total. The fourth-order valence-electron chi connectivity index (χ4n) is 4.20. The van der Waals surface area contributed by atoms with E-state index in [1.807, 2.05) is 0 Å². The first kappa shape index (κ1) is 36.7. The molecule has 0 aliphatic carbocycles. The predicted molar refractivity (Wildman–Crippen MR) is 174 cm³/mol. The Kier molecular flexibility index (Phi) is 10.5. The highest BCUT2D eigenvalue weighted by molar-refractivity contribution is 7.94. The first-order valence-corrected chi connectivity index (χ1v) is 18.4. The van der Waals surface area contributed by atoms with E-state index in [9.17, 15) is 44.0 Å². The lowest BCUT2D eigenvalue weighted by molar-refractivity contribution is -0.432. The van der Waals surface area contributed by atoms with E-state index >= 15 is 0 Å². The van der Waals surface area contributed by atoms with Crippen molar-refractivity contribution in [3.63, 3.8) is 0 Å². The molecule has 0 spiro atoms. The Morgan fingerprint density at radius 3 is 2.02 bits per heavy atom. The zero-order valence-corrected chi connectivity index (χ0v) is 28.1. The Balaban J connectivity index is 1.65. The first-order chi connectivity index (χ1) is 23.4. The number of hydrogen-bond acceptors (Lipinski definition) is 18. The van der Waals surface area contributed by atoms with E-state index in [4.69, 9.17) is 16.9 Å². The Morgan fingerprint density at radius 2 is 1.40 bits per heavy atom. The SMILES string of the molecule is O=S(=O)(O)c1ccc(Nc2nc(Cl)nc(Nc3cc(S(=O)(=O)O)cc4cc(SOOO)c(N=Nc5ccccc5S(=O)(=O)O)c(O)c34)n2)cc1. The van der Waals surface area contributed by atoms with Crippen molar-refractivity contribution >= 4 is 99.4 Å². The second-order valence-corrected chi connectivity index (χ2v) is 14.8. The number of nitrogens with one attached hydrogen (secondary N) is 2. The minimum Gasteiger partial charge on any atom is -0.505 e. The molecule has 0 saturated carbocycles. The molecule has 0 amide bonds. The quantitative estimate of drug-likeness (QED) is 0.0271. The van der Waals surface area contributed by atoms with Crippen LogP contribution in [0.3, 0.4) is 0 Å². The molecule has 25 heteroatoms. The van der Waals surface area contributed by atoms with E-state index in [-0.39, 0.29) is 61.6 Å². The summed E-state index contributed by atoms with van der Waals surface area (Å²) in [5.74, 6) is -1.31. The number of azo groups is 1. The molecule has 0 atom stereocenters. The van der Waals surface area contributed by atoms with E-state index in [0.29, 0.717) is 0 Å². The second kappa shape index (κ2) is 14.3. The van der Waals surface area contributed by atoms with Crippen molar-refractivity contribution in [3.05, 3.63) is 72.0 Å². The maximum Gasteiger partial charge on any atom is 0.296 e. The van der Waals surface area contributed by atoms with Gasteiger partial charge in [0.1, 0.15) is 16.3 Å². The van der Waals surface area contributed by atoms with Crippen LogP contribution in [0, 0.1) is 0 Å². The normalized spacial score (nSPS) is 12.4. The van der Waals surface area contributed by atoms with Crippen LogP contribution in [0.5, 0.6) is 5.75 Å². The minimum atomic E-state index is -4.90. The van der Waals surface area contributed by atoms with Crippen molar-refractivity contribution in [2.45, 2.75) is 19.6 Å². The maximum atomic E-state index is 12.2. The Labute approximate surface area is 290 Å². The van der Waals surface area contributed by atoms with Crippen molar-refractivity contribution in [1.29, 1.82) is 0 Å². The van der Waals surface area contributed by atoms with Crippen LogP contribution in [0.15, 0.2) is 96.5 Å². The highest BCUT2D eigenvalue weighted by atomic mass is 35.5. The molecule has 50 heavy (non-hydrogen) atoms. The van der Waals surface area contributed by atoms with Crippen LogP contribution < -0.4 is 10.6 Å². The van der Waals surface area contributed by atoms with Gasteiger partial charge in [0, 0.05) is 11.1 Å². The van der Waals surface area contributed by atoms with E-state index in [1.165, 1.54) is 36.4 Å². The van der Waals surface area contributed by atoms with Crippen molar-refractivity contribution < 1.29 is 58.6 Å². The molecule has 0 fully saturated rings. The molecule has 0 aliphatic rings. The van der Waals surface area contributed by atoms with E-state index in [2.05, 4.69) is 45.2 Å². The summed E-state index contributed by atoms with van der Waals surface area (Å²) < 4.78 is 104. The fraction of sp³-hybridized carbons (Fsp3) is 0. The molecule has 262 valence electrons. The Bertz CT molecular complexity index is 2490. The molecule has 0 aliphatic heterocycles. The number of fused-ring (bicyclic) bond motifs is 1. The summed E-state index contributed by atoms with van der Waals surface area (Å²) in [5.41, 5.74) is -0.829. The average molecular weight is 788 g/mol. The van der Waals surface area contributed by atoms with E-state index < -0.39 is 56.9 Å². The van der Waals surface area contributed by atoms with Gasteiger partial charge >= 0.3 is 0 Å². The molecule has 0 unspecified atom stereocenters. The van der Waals surface area contributed by atoms with E-state index in [1.54, 1.807) is 0 Å². The molecule has 0 radical (unpaired) electrons. The maximum absolute atomic E-state index is 12.2. The molecule has 7 N–H and O–H groups in total. The molecule has 1 aromatic heterocycles. The van der Waals surface area contributed by atoms with E-state index in [0.717, 1.165) is 30.3 Å². The lowest BCUT2D eigenvalue weighted by Crippen LogP contribution is -2.06. The number of rotatable bonds is 12. The molecule has 0 saturated heterocycles. The fourth-order valence-corrected chi connectivity index (χ4v) is 6.50. The monoisotopic (exact) mass is 787 g/mol. The summed E-state index contributed by atoms with van der Waals surface area (Å²) in [4.78, 5) is 10.1. The summed E-state index contributed by atoms with van der Waals surface area (Å²) in [6, 6.07) is 12.7. The molecule has 0 bridgehead atoms. The number of halogens is 1. The summed E-state index contributed by atoms with van der Waals surface area (Å²) >= 11 is 6.34. The third-order valence-corrected chi connectivity index (χ3v) is 9.63. The van der Waals surface area contributed by atoms with Crippen molar-refractivity contribution in [2.24, 2.45) is 10.2 Å². The summed E-state index contributed by atoms with van der Waals surface area (Å²) in [6.45, 7) is 0. The van der Waals surface area contributed by atoms with Gasteiger partial charge in [-0.05, 0) is 71.6 Å². The summed E-state index contributed by atoms with van der Waals surface area (Å²) in [6.07, 6.45) is 0. The first-order valence-electron chi connectivity index (χ1n) is 12.9. The van der Waals surface area contributed by atoms with Crippen LogP contribution in [0.4, 0.5) is 34.6 Å². The Hall–Kier alpha value is -4.60. The topological polar surface area (TPSA) is 309 Å². The van der Waals surface area contributed by atoms with Gasteiger partial charge in [-0.25, -0.2) is 5.26 Å². The standard InChI is InChI=1S/C25H18ClN7O13S4/c26-23-29-24(27-13-5-7-14(8-6-13)48(36,37)38)31-25(30-23)28-17-11-15(49(39,40)41)9-12-10-18(47-46-45-35)21(22(34)20(12)17)33-32-16-3-1-2-4-19(16)50(42,43)44/h1-11,34-35H,(H,36,37,38)(H,39,40,41)(H,42,43,44)(H2,27,28,29,30,31). The van der Waals surface area contributed by atoms with Gasteiger partial charge in [-0.15, -0.1) is 14.6 Å². The number of hydrogen-bond donors (Lipinski definition) is 7. The van der Waals surface area contributed by atoms with Crippen molar-refractivity contribution in [3.8, 4) is 5.75 Å². The van der Waals surface area contributed by atoms with Crippen LogP contribution >= 0.6 is 23.6 Å². The molecule has 4 aromatic carbocycles. The lowest BCUT2D eigenvalue weighted by atomic mass is 10.1. The van der Waals surface area contributed by atoms with Gasteiger partial charge in [0.15, 0.2) is 5.75 Å². The molecular formula is C25H18ClN7O13S4. The third kappa shape index (κ3) is 8.57. The molecule has 1 heterocycles. The van der Waals surface area contributed by atoms with Gasteiger partial charge in [0.2, 0.25) is 17.2 Å². The van der Waals surface area contributed by atoms with Crippen LogP contribution in [0.2, 0.25) is 5.28 Å². The zero-order valence-electron chi connectivity index (χ0n) is 24.1. The van der Waals surface area contributed by atoms with Gasteiger partial charge in [-0.1, -0.05) is 17.2 Å². The number of aromatic nitrogens is 3. The molecular weight excluding hydrogens is 770 g/mol. The predicted octanol–water partition coefficient (Wildman–Crippen LogP) is 5.45. The number of benzene rings is 4. The number of phenolic OH excluding ortho intramolecular Hbond substituents is 1. The van der Waals surface area contributed by atoms with Gasteiger partial charge in [-0.3, -0.25) is 13.7 Å². The molecule has 5 rings (SSSR count). The lowest BCUT2D eigenvalue weighted by Gasteiger charge is -2.15. The van der Waals surface area contributed by atoms with Crippen LogP contribution in [0.1, 0.15) is 0 Å². The second-order valence-electron chi connectivity index (χ2n) is 9.49. The van der Waals surface area contributed by atoms with Crippen molar-refractivity contribution in [2.75, 3.05) is 10.6 Å². The van der Waals surface area contributed by atoms with Crippen LogP contribution in [-0.4, -0.2) is 64.2 Å². The van der Waals surface area contributed by atoms with Gasteiger partial charge < -0.3 is 15.7 Å². The highest BCUT2D eigenvalue weighted by Crippen LogP contribution is 2.47. The van der Waals surface area contributed by atoms with Crippen LogP contribution in [0.25, 0.3) is 10.8 Å². The van der Waals surface area contributed by atoms with Gasteiger partial charge in [0.05, 0.1) is 32.4 Å². The van der Waals surface area contributed by atoms with Crippen molar-refractivity contribution in [1.82, 2.24) is 15.0 Å². The number of phenols is 1. The third-order valence-electron chi connectivity index (χ3n) is 6.24. The minimum absolute atomic E-state index is 0.0983. The van der Waals surface area contributed by atoms with Gasteiger partial charge in [0.25, 0.3) is 30.4 Å². The number of anilines is 4. The smallest absolute Gasteiger partial charge is 0.296 e.